The molecule has 2 aromatic carbocycles. The second-order valence-electron chi connectivity index (χ2n) is 6.48. The third kappa shape index (κ3) is 3.86. The summed E-state index contributed by atoms with van der Waals surface area (Å²) >= 11 is 0. The molecule has 1 amide bonds. The molecule has 6 nitrogen and oxygen atoms in total. The number of aryl methyl sites for hydroxylation is 1. The summed E-state index contributed by atoms with van der Waals surface area (Å²) in [6.45, 7) is 0.567. The quantitative estimate of drug-likeness (QED) is 0.506. The number of aromatic amines is 1. The van der Waals surface area contributed by atoms with Crippen LogP contribution in [0.4, 0.5) is 0 Å². The van der Waals surface area contributed by atoms with Gasteiger partial charge in [0.15, 0.2) is 0 Å². The molecule has 6 heteroatoms. The second-order valence-corrected chi connectivity index (χ2v) is 6.48. The molecule has 0 aliphatic rings. The first-order valence-corrected chi connectivity index (χ1v) is 9.11. The van der Waals surface area contributed by atoms with E-state index in [1.807, 2.05) is 48.8 Å². The van der Waals surface area contributed by atoms with Gasteiger partial charge in [-0.15, -0.1) is 0 Å². The summed E-state index contributed by atoms with van der Waals surface area (Å²) in [4.78, 5) is 31.8. The zero-order chi connectivity index (χ0) is 19.3. The maximum atomic E-state index is 12.4. The van der Waals surface area contributed by atoms with Crippen molar-refractivity contribution in [1.82, 2.24) is 15.3 Å². The molecule has 2 heterocycles. The van der Waals surface area contributed by atoms with Gasteiger partial charge in [-0.05, 0) is 54.8 Å². The molecule has 140 valence electrons. The van der Waals surface area contributed by atoms with E-state index in [-0.39, 0.29) is 17.4 Å². The summed E-state index contributed by atoms with van der Waals surface area (Å²) < 4.78 is 5.80. The molecule has 0 radical (unpaired) electrons. The standard InChI is InChI=1S/C22H19N3O3/c26-20(24-11-4-5-15-10-12-23-14-15)17-8-9-18-19(13-17)28-22(25-21(18)27)16-6-2-1-3-7-16/h1-3,6-10,12-14,23H,4-5,11H2,(H,24,26). The number of hydrogen-bond acceptors (Lipinski definition) is 4. The molecule has 0 saturated carbocycles. The third-order valence-electron chi connectivity index (χ3n) is 4.49. The van der Waals surface area contributed by atoms with E-state index in [0.717, 1.165) is 12.8 Å². The largest absolute Gasteiger partial charge is 0.437 e. The van der Waals surface area contributed by atoms with Gasteiger partial charge in [0.2, 0.25) is 5.89 Å². The molecule has 0 spiro atoms. The number of nitrogens with one attached hydrogen (secondary N) is 2. The summed E-state index contributed by atoms with van der Waals surface area (Å²) in [5.41, 5.74) is 2.34. The molecule has 0 fully saturated rings. The van der Waals surface area contributed by atoms with Gasteiger partial charge < -0.3 is 14.7 Å². The molecule has 28 heavy (non-hydrogen) atoms. The van der Waals surface area contributed by atoms with Gasteiger partial charge >= 0.3 is 0 Å². The highest BCUT2D eigenvalue weighted by Crippen LogP contribution is 2.20. The van der Waals surface area contributed by atoms with Gasteiger partial charge in [-0.1, -0.05) is 18.2 Å². The number of fused-ring (bicyclic) bond motifs is 1. The molecule has 0 atom stereocenters. The fraction of sp³-hybridized carbons (Fsp3) is 0.136. The van der Waals surface area contributed by atoms with E-state index >= 15 is 0 Å². The lowest BCUT2D eigenvalue weighted by Gasteiger charge is -2.06. The van der Waals surface area contributed by atoms with E-state index in [9.17, 15) is 9.59 Å². The highest BCUT2D eigenvalue weighted by molar-refractivity contribution is 5.97. The Morgan fingerprint density at radius 1 is 1.11 bits per heavy atom. The second kappa shape index (κ2) is 7.92. The Morgan fingerprint density at radius 3 is 2.75 bits per heavy atom. The molecular formula is C22H19N3O3. The highest BCUT2D eigenvalue weighted by Gasteiger charge is 2.12. The molecule has 0 saturated heterocycles. The minimum absolute atomic E-state index is 0.198. The van der Waals surface area contributed by atoms with Crippen LogP contribution in [0.25, 0.3) is 22.4 Å². The lowest BCUT2D eigenvalue weighted by molar-refractivity contribution is 0.0953. The minimum Gasteiger partial charge on any atom is -0.437 e. The van der Waals surface area contributed by atoms with Crippen molar-refractivity contribution >= 4 is 16.9 Å². The van der Waals surface area contributed by atoms with Gasteiger partial charge in [0.05, 0.1) is 5.39 Å². The van der Waals surface area contributed by atoms with Crippen molar-refractivity contribution in [2.24, 2.45) is 0 Å². The van der Waals surface area contributed by atoms with Crippen molar-refractivity contribution < 1.29 is 9.21 Å². The van der Waals surface area contributed by atoms with E-state index < -0.39 is 0 Å². The van der Waals surface area contributed by atoms with Crippen LogP contribution >= 0.6 is 0 Å². The zero-order valence-electron chi connectivity index (χ0n) is 15.1. The van der Waals surface area contributed by atoms with Crippen molar-refractivity contribution in [3.05, 3.63) is 88.5 Å². The summed E-state index contributed by atoms with van der Waals surface area (Å²) in [7, 11) is 0. The van der Waals surface area contributed by atoms with Gasteiger partial charge in [0.1, 0.15) is 5.58 Å². The van der Waals surface area contributed by atoms with Gasteiger partial charge in [-0.3, -0.25) is 9.59 Å². The Morgan fingerprint density at radius 2 is 1.96 bits per heavy atom. The Hall–Kier alpha value is -3.67. The van der Waals surface area contributed by atoms with Crippen molar-refractivity contribution in [3.63, 3.8) is 0 Å². The molecule has 4 rings (SSSR count). The zero-order valence-corrected chi connectivity index (χ0v) is 15.1. The monoisotopic (exact) mass is 373 g/mol. The first-order chi connectivity index (χ1) is 13.7. The number of carbonyl (C=O) groups is 1. The number of H-pyrrole nitrogens is 1. The fourth-order valence-corrected chi connectivity index (χ4v) is 3.02. The summed E-state index contributed by atoms with van der Waals surface area (Å²) in [6, 6.07) is 16.0. The summed E-state index contributed by atoms with van der Waals surface area (Å²) in [5.74, 6) is 0.0406. The van der Waals surface area contributed by atoms with Gasteiger partial charge in [-0.25, -0.2) is 0 Å². The van der Waals surface area contributed by atoms with Crippen molar-refractivity contribution in [1.29, 1.82) is 0 Å². The van der Waals surface area contributed by atoms with E-state index in [2.05, 4.69) is 15.3 Å². The van der Waals surface area contributed by atoms with Crippen molar-refractivity contribution in [2.75, 3.05) is 6.54 Å². The molecule has 2 aromatic heterocycles. The predicted octanol–water partition coefficient (Wildman–Crippen LogP) is 3.55. The van der Waals surface area contributed by atoms with Crippen LogP contribution in [0.5, 0.6) is 0 Å². The SMILES string of the molecule is O=C(NCCCc1cc[nH]c1)c1ccc2c(=O)nc(-c3ccccc3)oc2c1. The fourth-order valence-electron chi connectivity index (χ4n) is 3.02. The first kappa shape index (κ1) is 17.7. The molecule has 0 aliphatic carbocycles. The average Bonchev–Trinajstić information content (AvgIpc) is 3.25. The van der Waals surface area contributed by atoms with Gasteiger partial charge in [0, 0.05) is 30.1 Å². The maximum absolute atomic E-state index is 12.4. The van der Waals surface area contributed by atoms with Crippen LogP contribution in [0.3, 0.4) is 0 Å². The number of hydrogen-bond donors (Lipinski definition) is 2. The highest BCUT2D eigenvalue weighted by atomic mass is 16.3. The van der Waals surface area contributed by atoms with Crippen molar-refractivity contribution in [2.45, 2.75) is 12.8 Å². The minimum atomic E-state index is -0.376. The lowest BCUT2D eigenvalue weighted by atomic mass is 10.1. The van der Waals surface area contributed by atoms with E-state index in [0.29, 0.717) is 28.6 Å². The molecule has 0 aliphatic heterocycles. The Labute approximate surface area is 161 Å². The Balaban J connectivity index is 1.51. The molecular weight excluding hydrogens is 354 g/mol. The maximum Gasteiger partial charge on any atom is 0.284 e. The number of amides is 1. The van der Waals surface area contributed by atoms with E-state index in [1.54, 1.807) is 18.2 Å². The number of nitrogens with zero attached hydrogens (tertiary/aromatic N) is 1. The summed E-state index contributed by atoms with van der Waals surface area (Å²) in [6.07, 6.45) is 5.57. The van der Waals surface area contributed by atoms with E-state index in [4.69, 9.17) is 4.42 Å². The average molecular weight is 373 g/mol. The smallest absolute Gasteiger partial charge is 0.284 e. The van der Waals surface area contributed by atoms with Crippen LogP contribution in [-0.4, -0.2) is 22.4 Å². The van der Waals surface area contributed by atoms with Crippen LogP contribution in [-0.2, 0) is 6.42 Å². The van der Waals surface area contributed by atoms with Gasteiger partial charge in [-0.2, -0.15) is 4.98 Å². The number of rotatable bonds is 6. The normalized spacial score (nSPS) is 10.9. The van der Waals surface area contributed by atoms with Crippen LogP contribution in [0, 0.1) is 0 Å². The number of aromatic nitrogens is 2. The first-order valence-electron chi connectivity index (χ1n) is 9.11. The number of carbonyl (C=O) groups excluding carboxylic acids is 1. The van der Waals surface area contributed by atoms with Crippen LogP contribution in [0.2, 0.25) is 0 Å². The van der Waals surface area contributed by atoms with Crippen LogP contribution < -0.4 is 10.9 Å². The van der Waals surface area contributed by atoms with Crippen molar-refractivity contribution in [3.8, 4) is 11.5 Å². The van der Waals surface area contributed by atoms with E-state index in [1.165, 1.54) is 5.56 Å². The molecule has 4 aromatic rings. The molecule has 0 unspecified atom stereocenters. The molecule has 2 N–H and O–H groups in total. The lowest BCUT2D eigenvalue weighted by Crippen LogP contribution is -2.24. The topological polar surface area (TPSA) is 88.0 Å². The number of benzene rings is 2. The Kier molecular flexibility index (Phi) is 5.01. The van der Waals surface area contributed by atoms with Crippen LogP contribution in [0.1, 0.15) is 22.3 Å². The predicted molar refractivity (Wildman–Crippen MR) is 107 cm³/mol. The third-order valence-corrected chi connectivity index (χ3v) is 4.49. The Bertz CT molecular complexity index is 1150. The van der Waals surface area contributed by atoms with Gasteiger partial charge in [0.25, 0.3) is 11.5 Å². The summed E-state index contributed by atoms with van der Waals surface area (Å²) in [5, 5.41) is 3.25. The molecule has 0 bridgehead atoms. The van der Waals surface area contributed by atoms with Crippen LogP contribution in [0.15, 0.2) is 76.2 Å².